The quantitative estimate of drug-likeness (QED) is 0.411. The van der Waals surface area contributed by atoms with Crippen molar-refractivity contribution in [1.82, 2.24) is 0 Å². The van der Waals surface area contributed by atoms with E-state index in [1.807, 2.05) is 12.1 Å². The van der Waals surface area contributed by atoms with Gasteiger partial charge in [-0.15, -0.1) is 0 Å². The van der Waals surface area contributed by atoms with Gasteiger partial charge in [-0.05, 0) is 30.0 Å². The molecule has 0 aromatic heterocycles. The van der Waals surface area contributed by atoms with Crippen molar-refractivity contribution in [3.63, 3.8) is 0 Å². The molecule has 2 nitrogen and oxygen atoms in total. The Morgan fingerprint density at radius 1 is 1.27 bits per heavy atom. The number of rotatable bonds is 3. The Morgan fingerprint density at radius 2 is 1.73 bits per heavy atom. The van der Waals surface area contributed by atoms with Gasteiger partial charge >= 0.3 is 29.6 Å². The average Bonchev–Trinajstić information content (AvgIpc) is 2.15. The summed E-state index contributed by atoms with van der Waals surface area (Å²) in [5.74, 6) is 0.455. The fourth-order valence-corrected chi connectivity index (χ4v) is 2.00. The third-order valence-electron chi connectivity index (χ3n) is 2.35. The van der Waals surface area contributed by atoms with E-state index in [0.29, 0.717) is 5.92 Å². The van der Waals surface area contributed by atoms with Crippen molar-refractivity contribution in [2.24, 2.45) is 0 Å². The van der Waals surface area contributed by atoms with Crippen molar-refractivity contribution in [2.75, 3.05) is 0 Å². The van der Waals surface area contributed by atoms with Gasteiger partial charge in [-0.3, -0.25) is 0 Å². The van der Waals surface area contributed by atoms with E-state index in [2.05, 4.69) is 25.5 Å². The Hall–Kier alpha value is 0.520. The summed E-state index contributed by atoms with van der Waals surface area (Å²) in [6, 6.07) is 6.80. The summed E-state index contributed by atoms with van der Waals surface area (Å²) < 4.78 is 22.0. The molecular formula is C10H13NaO2S2. The predicted octanol–water partition coefficient (Wildman–Crippen LogP) is -0.560. The Balaban J connectivity index is 0.00000196. The molecular weight excluding hydrogens is 239 g/mol. The van der Waals surface area contributed by atoms with Gasteiger partial charge in [-0.1, -0.05) is 26.0 Å². The molecule has 1 aromatic rings. The molecule has 0 spiro atoms. The average molecular weight is 252 g/mol. The third kappa shape index (κ3) is 4.49. The molecule has 0 saturated carbocycles. The van der Waals surface area contributed by atoms with Crippen molar-refractivity contribution in [3.05, 3.63) is 29.8 Å². The third-order valence-corrected chi connectivity index (χ3v) is 3.78. The molecule has 0 aliphatic carbocycles. The Labute approximate surface area is 118 Å². The van der Waals surface area contributed by atoms with Gasteiger partial charge in [0.15, 0.2) is 0 Å². The molecule has 0 bridgehead atoms. The summed E-state index contributed by atoms with van der Waals surface area (Å²) in [6.45, 7) is 4.21. The minimum Gasteiger partial charge on any atom is -0.644 e. The largest absolute Gasteiger partial charge is 1.00 e. The van der Waals surface area contributed by atoms with E-state index >= 15 is 0 Å². The van der Waals surface area contributed by atoms with Crippen LogP contribution >= 0.6 is 0 Å². The van der Waals surface area contributed by atoms with E-state index in [4.69, 9.17) is 0 Å². The van der Waals surface area contributed by atoms with Gasteiger partial charge < -0.3 is 11.7 Å². The molecule has 1 unspecified atom stereocenters. The Morgan fingerprint density at radius 3 is 2.07 bits per heavy atom. The summed E-state index contributed by atoms with van der Waals surface area (Å²) in [4.78, 5) is 0.208. The maximum atomic E-state index is 11.0. The maximum Gasteiger partial charge on any atom is 1.00 e. The summed E-state index contributed by atoms with van der Waals surface area (Å²) >= 11 is 4.36. The van der Waals surface area contributed by atoms with Gasteiger partial charge in [0, 0.05) is 4.90 Å². The zero-order valence-electron chi connectivity index (χ0n) is 9.23. The van der Waals surface area contributed by atoms with Crippen LogP contribution in [0.25, 0.3) is 0 Å². The van der Waals surface area contributed by atoms with Gasteiger partial charge in [0.2, 0.25) is 0 Å². The fraction of sp³-hybridized carbons (Fsp3) is 0.400. The molecule has 0 radical (unpaired) electrons. The van der Waals surface area contributed by atoms with Crippen LogP contribution in [0, 0.1) is 0 Å². The first-order chi connectivity index (χ1) is 6.45. The van der Waals surface area contributed by atoms with Gasteiger partial charge in [0.25, 0.3) is 0 Å². The molecule has 0 fully saturated rings. The van der Waals surface area contributed by atoms with E-state index in [1.54, 1.807) is 12.1 Å². The van der Waals surface area contributed by atoms with Crippen LogP contribution in [0.3, 0.4) is 0 Å². The molecule has 78 valence electrons. The van der Waals surface area contributed by atoms with Crippen LogP contribution in [0.4, 0.5) is 0 Å². The molecule has 0 saturated heterocycles. The first kappa shape index (κ1) is 15.5. The summed E-state index contributed by atoms with van der Waals surface area (Å²) in [5, 5.41) is 0. The molecule has 0 amide bonds. The van der Waals surface area contributed by atoms with Gasteiger partial charge in [0.1, 0.15) is 0 Å². The van der Waals surface area contributed by atoms with Crippen LogP contribution in [0.15, 0.2) is 29.2 Å². The Kier molecular flexibility index (Phi) is 6.52. The van der Waals surface area contributed by atoms with Crippen LogP contribution < -0.4 is 29.6 Å². The summed E-state index contributed by atoms with van der Waals surface area (Å²) in [5.41, 5.74) is 1.15. The van der Waals surface area contributed by atoms with Gasteiger partial charge in [-0.2, -0.15) is 0 Å². The molecule has 15 heavy (non-hydrogen) atoms. The normalized spacial score (nSPS) is 13.0. The molecule has 1 aromatic carbocycles. The topological polar surface area (TPSA) is 34.1 Å². The minimum atomic E-state index is -3.47. The molecule has 0 N–H and O–H groups in total. The van der Waals surface area contributed by atoms with E-state index in [1.165, 1.54) is 0 Å². The van der Waals surface area contributed by atoms with Crippen LogP contribution in [0.1, 0.15) is 31.7 Å². The van der Waals surface area contributed by atoms with Crippen molar-refractivity contribution in [3.8, 4) is 0 Å². The monoisotopic (exact) mass is 252 g/mol. The van der Waals surface area contributed by atoms with Crippen LogP contribution in [-0.4, -0.2) is 8.42 Å². The maximum absolute atomic E-state index is 11.0. The molecule has 1 rings (SSSR count). The number of hydrogen-bond acceptors (Lipinski definition) is 3. The van der Waals surface area contributed by atoms with Crippen LogP contribution in [0.5, 0.6) is 0 Å². The van der Waals surface area contributed by atoms with E-state index in [-0.39, 0.29) is 34.5 Å². The smallest absolute Gasteiger partial charge is 0.644 e. The summed E-state index contributed by atoms with van der Waals surface area (Å²) in [7, 11) is -3.47. The first-order valence-corrected chi connectivity index (χ1v) is 6.92. The van der Waals surface area contributed by atoms with Crippen molar-refractivity contribution < 1.29 is 38.0 Å². The number of hydrogen-bond donors (Lipinski definition) is 0. The second-order valence-electron chi connectivity index (χ2n) is 3.33. The molecule has 1 atom stereocenters. The number of benzene rings is 1. The molecule has 0 heterocycles. The van der Waals surface area contributed by atoms with E-state index in [0.717, 1.165) is 12.0 Å². The second-order valence-corrected chi connectivity index (χ2v) is 6.03. The minimum absolute atomic E-state index is 0. The fourth-order valence-electron chi connectivity index (χ4n) is 1.20. The summed E-state index contributed by atoms with van der Waals surface area (Å²) in [6.07, 6.45) is 1.04. The SMILES string of the molecule is CCC(C)c1ccc(S(=O)(=O)[S-])cc1.[Na+]. The Bertz CT molecular complexity index is 398. The molecule has 0 aliphatic rings. The second kappa shape index (κ2) is 6.30. The molecule has 5 heteroatoms. The van der Waals surface area contributed by atoms with E-state index < -0.39 is 8.87 Å². The van der Waals surface area contributed by atoms with Crippen molar-refractivity contribution >= 4 is 20.5 Å². The molecule has 0 aliphatic heterocycles. The first-order valence-electron chi connectivity index (χ1n) is 4.51. The predicted molar refractivity (Wildman–Crippen MR) is 59.7 cm³/mol. The van der Waals surface area contributed by atoms with Gasteiger partial charge in [0.05, 0.1) is 8.87 Å². The van der Waals surface area contributed by atoms with Crippen LogP contribution in [0.2, 0.25) is 0 Å². The zero-order valence-corrected chi connectivity index (χ0v) is 12.9. The van der Waals surface area contributed by atoms with Crippen LogP contribution in [-0.2, 0) is 20.5 Å². The zero-order chi connectivity index (χ0) is 10.8. The van der Waals surface area contributed by atoms with Crippen molar-refractivity contribution in [2.45, 2.75) is 31.1 Å². The van der Waals surface area contributed by atoms with E-state index in [9.17, 15) is 8.42 Å². The van der Waals surface area contributed by atoms with Crippen molar-refractivity contribution in [1.29, 1.82) is 0 Å². The standard InChI is InChI=1S/C10H14O2S2.Na/c1-3-8(2)9-4-6-10(7-5-9)14(11,12)13;/h4-8H,3H2,1-2H3,(H,11,12,13);/q;+1/p-1. The van der Waals surface area contributed by atoms with Gasteiger partial charge in [-0.25, -0.2) is 8.42 Å².